The van der Waals surface area contributed by atoms with Gasteiger partial charge in [-0.1, -0.05) is 0 Å². The highest BCUT2D eigenvalue weighted by molar-refractivity contribution is 5.99. The van der Waals surface area contributed by atoms with Gasteiger partial charge in [-0.2, -0.15) is 5.10 Å². The van der Waals surface area contributed by atoms with Crippen LogP contribution < -0.4 is 10.2 Å². The summed E-state index contributed by atoms with van der Waals surface area (Å²) in [5, 5.41) is 3.86. The van der Waals surface area contributed by atoms with Crippen LogP contribution in [-0.2, 0) is 4.74 Å². The third-order valence-electron chi connectivity index (χ3n) is 2.28. The number of rotatable bonds is 3. The van der Waals surface area contributed by atoms with Gasteiger partial charge in [-0.25, -0.2) is 14.6 Å². The maximum absolute atomic E-state index is 13.5. The van der Waals surface area contributed by atoms with E-state index in [0.29, 0.717) is 11.3 Å². The number of hydrogen-bond donors (Lipinski definition) is 1. The number of nitrogens with zero attached hydrogens (tertiary/aromatic N) is 1. The molecular weight excluding hydrogens is 263 g/mol. The van der Waals surface area contributed by atoms with Gasteiger partial charge in [0.1, 0.15) is 5.60 Å². The van der Waals surface area contributed by atoms with Crippen molar-refractivity contribution >= 4 is 11.8 Å². The minimum absolute atomic E-state index is 0.154. The third-order valence-corrected chi connectivity index (χ3v) is 2.28. The molecule has 0 heterocycles. The number of methoxy groups -OCH3 is 1. The monoisotopic (exact) mass is 282 g/mol. The molecule has 1 amide bonds. The SMILES string of the molecule is COc1ccc(/C(C)=N\NC(=O)OC(C)(C)C)cc1F. The van der Waals surface area contributed by atoms with Crippen LogP contribution in [0.15, 0.2) is 23.3 Å². The maximum atomic E-state index is 13.5. The number of carbonyl (C=O) groups is 1. The van der Waals surface area contributed by atoms with Crippen LogP contribution in [0.25, 0.3) is 0 Å². The number of halogens is 1. The number of hydrogen-bond acceptors (Lipinski definition) is 4. The van der Waals surface area contributed by atoms with Crippen molar-refractivity contribution in [1.82, 2.24) is 5.43 Å². The summed E-state index contributed by atoms with van der Waals surface area (Å²) < 4.78 is 23.4. The number of carbonyl (C=O) groups excluding carboxylic acids is 1. The molecule has 0 spiro atoms. The lowest BCUT2D eigenvalue weighted by Crippen LogP contribution is -2.30. The highest BCUT2D eigenvalue weighted by Crippen LogP contribution is 2.18. The van der Waals surface area contributed by atoms with E-state index in [2.05, 4.69) is 10.5 Å². The van der Waals surface area contributed by atoms with Gasteiger partial charge in [-0.15, -0.1) is 0 Å². The van der Waals surface area contributed by atoms with Gasteiger partial charge >= 0.3 is 6.09 Å². The maximum Gasteiger partial charge on any atom is 0.428 e. The van der Waals surface area contributed by atoms with Gasteiger partial charge in [-0.3, -0.25) is 0 Å². The molecule has 1 N–H and O–H groups in total. The second-order valence-corrected chi connectivity index (χ2v) is 5.16. The molecule has 0 aromatic heterocycles. The lowest BCUT2D eigenvalue weighted by atomic mass is 10.1. The Morgan fingerprint density at radius 3 is 2.50 bits per heavy atom. The number of ether oxygens (including phenoxy) is 2. The number of hydrazone groups is 1. The van der Waals surface area contributed by atoms with Crippen molar-refractivity contribution in [3.8, 4) is 5.75 Å². The summed E-state index contributed by atoms with van der Waals surface area (Å²) in [7, 11) is 1.39. The first-order valence-corrected chi connectivity index (χ1v) is 6.10. The number of benzene rings is 1. The Hall–Kier alpha value is -2.11. The van der Waals surface area contributed by atoms with E-state index in [9.17, 15) is 9.18 Å². The fourth-order valence-corrected chi connectivity index (χ4v) is 1.39. The van der Waals surface area contributed by atoms with Crippen molar-refractivity contribution in [3.05, 3.63) is 29.6 Å². The van der Waals surface area contributed by atoms with Crippen LogP contribution >= 0.6 is 0 Å². The normalized spacial score (nSPS) is 12.0. The summed E-state index contributed by atoms with van der Waals surface area (Å²) in [6.07, 6.45) is -0.661. The van der Waals surface area contributed by atoms with Crippen LogP contribution in [0.1, 0.15) is 33.3 Å². The summed E-state index contributed by atoms with van der Waals surface area (Å²) in [6, 6.07) is 4.43. The second-order valence-electron chi connectivity index (χ2n) is 5.16. The van der Waals surface area contributed by atoms with E-state index in [-0.39, 0.29) is 5.75 Å². The topological polar surface area (TPSA) is 59.9 Å². The van der Waals surface area contributed by atoms with Crippen LogP contribution in [0.5, 0.6) is 5.75 Å². The zero-order chi connectivity index (χ0) is 15.3. The van der Waals surface area contributed by atoms with E-state index < -0.39 is 17.5 Å². The molecular formula is C14H19FN2O3. The highest BCUT2D eigenvalue weighted by Gasteiger charge is 2.15. The summed E-state index contributed by atoms with van der Waals surface area (Å²) in [4.78, 5) is 11.4. The van der Waals surface area contributed by atoms with Crippen molar-refractivity contribution in [1.29, 1.82) is 0 Å². The predicted octanol–water partition coefficient (Wildman–Crippen LogP) is 3.08. The molecule has 1 aromatic carbocycles. The van der Waals surface area contributed by atoms with Gasteiger partial charge < -0.3 is 9.47 Å². The zero-order valence-electron chi connectivity index (χ0n) is 12.3. The first kappa shape index (κ1) is 15.9. The highest BCUT2D eigenvalue weighted by atomic mass is 19.1. The molecule has 1 aromatic rings. The standard InChI is InChI=1S/C14H19FN2O3/c1-9(16-17-13(18)20-14(2,3)4)10-6-7-12(19-5)11(15)8-10/h6-8H,1-5H3,(H,17,18)/b16-9-. The van der Waals surface area contributed by atoms with E-state index in [1.165, 1.54) is 19.2 Å². The first-order chi connectivity index (χ1) is 9.23. The average Bonchev–Trinajstić information content (AvgIpc) is 2.33. The van der Waals surface area contributed by atoms with E-state index in [1.54, 1.807) is 33.8 Å². The van der Waals surface area contributed by atoms with Crippen LogP contribution in [0, 0.1) is 5.82 Å². The molecule has 6 heteroatoms. The van der Waals surface area contributed by atoms with Crippen molar-refractivity contribution in [2.24, 2.45) is 5.10 Å². The molecule has 0 atom stereocenters. The molecule has 0 saturated heterocycles. The zero-order valence-corrected chi connectivity index (χ0v) is 12.3. The molecule has 0 aliphatic carbocycles. The first-order valence-electron chi connectivity index (χ1n) is 6.10. The Kier molecular flexibility index (Phi) is 5.07. The third kappa shape index (κ3) is 4.87. The Labute approximate surface area is 117 Å². The molecule has 20 heavy (non-hydrogen) atoms. The van der Waals surface area contributed by atoms with Crippen molar-refractivity contribution in [2.45, 2.75) is 33.3 Å². The molecule has 5 nitrogen and oxygen atoms in total. The van der Waals surface area contributed by atoms with Crippen LogP contribution in [-0.4, -0.2) is 24.5 Å². The summed E-state index contributed by atoms with van der Waals surface area (Å²) >= 11 is 0. The molecule has 0 saturated carbocycles. The van der Waals surface area contributed by atoms with E-state index >= 15 is 0 Å². The predicted molar refractivity (Wildman–Crippen MR) is 74.5 cm³/mol. The van der Waals surface area contributed by atoms with Gasteiger partial charge in [0.05, 0.1) is 12.8 Å². The van der Waals surface area contributed by atoms with Gasteiger partial charge in [0.2, 0.25) is 0 Å². The number of nitrogens with one attached hydrogen (secondary N) is 1. The summed E-state index contributed by atoms with van der Waals surface area (Å²) in [5.74, 6) is -0.335. The van der Waals surface area contributed by atoms with Gasteiger partial charge in [0, 0.05) is 5.56 Å². The molecule has 0 unspecified atom stereocenters. The van der Waals surface area contributed by atoms with Gasteiger partial charge in [0.25, 0.3) is 0 Å². The minimum atomic E-state index is -0.661. The molecule has 0 radical (unpaired) electrons. The fraction of sp³-hybridized carbons (Fsp3) is 0.429. The van der Waals surface area contributed by atoms with Crippen LogP contribution in [0.3, 0.4) is 0 Å². The van der Waals surface area contributed by atoms with Crippen molar-refractivity contribution in [2.75, 3.05) is 7.11 Å². The largest absolute Gasteiger partial charge is 0.494 e. The average molecular weight is 282 g/mol. The molecule has 1 rings (SSSR count). The quantitative estimate of drug-likeness (QED) is 0.684. The summed E-state index contributed by atoms with van der Waals surface area (Å²) in [6.45, 7) is 6.91. The minimum Gasteiger partial charge on any atom is -0.494 e. The Morgan fingerprint density at radius 2 is 2.00 bits per heavy atom. The molecule has 110 valence electrons. The molecule has 0 aliphatic rings. The van der Waals surface area contributed by atoms with Crippen LogP contribution in [0.4, 0.5) is 9.18 Å². The number of amides is 1. The van der Waals surface area contributed by atoms with Gasteiger partial charge in [-0.05, 0) is 45.9 Å². The molecule has 0 aliphatic heterocycles. The van der Waals surface area contributed by atoms with E-state index in [1.807, 2.05) is 0 Å². The van der Waals surface area contributed by atoms with Gasteiger partial charge in [0.15, 0.2) is 11.6 Å². The van der Waals surface area contributed by atoms with E-state index in [0.717, 1.165) is 0 Å². The Balaban J connectivity index is 2.74. The smallest absolute Gasteiger partial charge is 0.428 e. The summed E-state index contributed by atoms with van der Waals surface area (Å²) in [5.41, 5.74) is 2.66. The van der Waals surface area contributed by atoms with E-state index in [4.69, 9.17) is 9.47 Å². The Bertz CT molecular complexity index is 522. The molecule has 0 bridgehead atoms. The second kappa shape index (κ2) is 6.36. The fourth-order valence-electron chi connectivity index (χ4n) is 1.39. The Morgan fingerprint density at radius 1 is 1.35 bits per heavy atom. The van der Waals surface area contributed by atoms with Crippen molar-refractivity contribution < 1.29 is 18.7 Å². The lowest BCUT2D eigenvalue weighted by Gasteiger charge is -2.18. The lowest BCUT2D eigenvalue weighted by molar-refractivity contribution is 0.0529. The van der Waals surface area contributed by atoms with Crippen LogP contribution in [0.2, 0.25) is 0 Å². The van der Waals surface area contributed by atoms with Crippen molar-refractivity contribution in [3.63, 3.8) is 0 Å². The molecule has 0 fully saturated rings.